The van der Waals surface area contributed by atoms with Gasteiger partial charge in [0.25, 0.3) is 11.8 Å². The van der Waals surface area contributed by atoms with Crippen LogP contribution < -0.4 is 5.32 Å². The van der Waals surface area contributed by atoms with Gasteiger partial charge in [0.05, 0.1) is 11.1 Å². The third kappa shape index (κ3) is 4.13. The summed E-state index contributed by atoms with van der Waals surface area (Å²) in [7, 11) is 0. The van der Waals surface area contributed by atoms with E-state index in [9.17, 15) is 18.8 Å². The molecule has 30 heavy (non-hydrogen) atoms. The molecule has 0 fully saturated rings. The van der Waals surface area contributed by atoms with Crippen molar-refractivity contribution in [3.63, 3.8) is 0 Å². The number of imide groups is 1. The van der Waals surface area contributed by atoms with Gasteiger partial charge < -0.3 is 5.32 Å². The molecular formula is C22H18FN3O3S. The minimum absolute atomic E-state index is 0.00500. The van der Waals surface area contributed by atoms with Crippen LogP contribution in [0, 0.1) is 12.7 Å². The second-order valence-corrected chi connectivity index (χ2v) is 8.16. The highest BCUT2D eigenvalue weighted by Crippen LogP contribution is 2.25. The third-order valence-electron chi connectivity index (χ3n) is 4.78. The lowest BCUT2D eigenvalue weighted by Crippen LogP contribution is -2.32. The summed E-state index contributed by atoms with van der Waals surface area (Å²) in [4.78, 5) is 43.4. The monoisotopic (exact) mass is 423 g/mol. The fraction of sp³-hybridized carbons (Fsp3) is 0.182. The highest BCUT2D eigenvalue weighted by molar-refractivity contribution is 7.15. The molecule has 2 heterocycles. The second kappa shape index (κ2) is 8.16. The molecule has 2 aromatic carbocycles. The van der Waals surface area contributed by atoms with Crippen molar-refractivity contribution in [2.24, 2.45) is 0 Å². The minimum Gasteiger partial charge on any atom is -0.302 e. The molecule has 0 bridgehead atoms. The van der Waals surface area contributed by atoms with Crippen molar-refractivity contribution >= 4 is 34.2 Å². The summed E-state index contributed by atoms with van der Waals surface area (Å²) in [5.41, 5.74) is 2.59. The second-order valence-electron chi connectivity index (χ2n) is 7.04. The Bertz CT molecular complexity index is 1140. The van der Waals surface area contributed by atoms with Crippen LogP contribution in [0.1, 0.15) is 43.1 Å². The van der Waals surface area contributed by atoms with Gasteiger partial charge in [0.15, 0.2) is 5.13 Å². The number of anilines is 1. The van der Waals surface area contributed by atoms with Gasteiger partial charge in [-0.25, -0.2) is 9.37 Å². The fourth-order valence-corrected chi connectivity index (χ4v) is 4.12. The van der Waals surface area contributed by atoms with Crippen LogP contribution in [0.5, 0.6) is 0 Å². The molecule has 1 aliphatic rings. The number of nitrogens with zero attached hydrogens (tertiary/aromatic N) is 2. The van der Waals surface area contributed by atoms with Gasteiger partial charge in [0, 0.05) is 30.5 Å². The van der Waals surface area contributed by atoms with E-state index in [1.165, 1.54) is 23.5 Å². The fourth-order valence-electron chi connectivity index (χ4n) is 3.25. The lowest BCUT2D eigenvalue weighted by Gasteiger charge is -2.12. The predicted octanol–water partition coefficient (Wildman–Crippen LogP) is 3.81. The quantitative estimate of drug-likeness (QED) is 0.612. The standard InChI is InChI=1S/C22H18FN3O3S/c1-13-2-7-17-18(10-13)21(29)26(20(17)28)9-8-19(27)25-22-24-12-16(30-22)11-14-3-5-15(23)6-4-14/h2-7,10,12H,8-9,11H2,1H3,(H,24,25,27). The molecule has 1 aliphatic heterocycles. The number of aromatic nitrogens is 1. The van der Waals surface area contributed by atoms with E-state index in [0.29, 0.717) is 22.7 Å². The maximum atomic E-state index is 13.0. The Hall–Kier alpha value is -3.39. The number of aryl methyl sites for hydroxylation is 1. The molecule has 4 rings (SSSR count). The lowest BCUT2D eigenvalue weighted by molar-refractivity contribution is -0.116. The smallest absolute Gasteiger partial charge is 0.261 e. The summed E-state index contributed by atoms with van der Waals surface area (Å²) in [5, 5.41) is 3.14. The SMILES string of the molecule is Cc1ccc2c(c1)C(=O)N(CCC(=O)Nc1ncc(Cc3ccc(F)cc3)s1)C2=O. The topological polar surface area (TPSA) is 79.4 Å². The number of rotatable bonds is 6. The summed E-state index contributed by atoms with van der Waals surface area (Å²) >= 11 is 1.33. The van der Waals surface area contributed by atoms with Crippen LogP contribution in [0.2, 0.25) is 0 Å². The highest BCUT2D eigenvalue weighted by Gasteiger charge is 2.35. The molecule has 6 nitrogen and oxygen atoms in total. The third-order valence-corrected chi connectivity index (χ3v) is 5.69. The Morgan fingerprint density at radius 2 is 1.83 bits per heavy atom. The summed E-state index contributed by atoms with van der Waals surface area (Å²) in [6.07, 6.45) is 2.23. The summed E-state index contributed by atoms with van der Waals surface area (Å²) in [6.45, 7) is 1.86. The zero-order valence-electron chi connectivity index (χ0n) is 16.1. The Morgan fingerprint density at radius 3 is 2.60 bits per heavy atom. The lowest BCUT2D eigenvalue weighted by atomic mass is 10.1. The number of nitrogens with one attached hydrogen (secondary N) is 1. The zero-order valence-corrected chi connectivity index (χ0v) is 17.0. The average Bonchev–Trinajstić information content (AvgIpc) is 3.24. The number of hydrogen-bond acceptors (Lipinski definition) is 5. The van der Waals surface area contributed by atoms with Gasteiger partial charge >= 0.3 is 0 Å². The van der Waals surface area contributed by atoms with Crippen molar-refractivity contribution in [2.45, 2.75) is 19.8 Å². The van der Waals surface area contributed by atoms with Crippen molar-refractivity contribution in [3.8, 4) is 0 Å². The van der Waals surface area contributed by atoms with E-state index in [-0.39, 0.29) is 36.5 Å². The number of halogens is 1. The Labute approximate surface area is 176 Å². The number of carbonyl (C=O) groups is 3. The molecule has 3 aromatic rings. The number of thiazole rings is 1. The van der Waals surface area contributed by atoms with Crippen LogP contribution in [-0.2, 0) is 11.2 Å². The number of amides is 3. The molecule has 0 spiro atoms. The summed E-state index contributed by atoms with van der Waals surface area (Å²) in [5.74, 6) is -1.37. The first-order chi connectivity index (χ1) is 14.4. The van der Waals surface area contributed by atoms with Gasteiger partial charge in [-0.05, 0) is 36.8 Å². The first-order valence-corrected chi connectivity index (χ1v) is 10.2. The van der Waals surface area contributed by atoms with Crippen molar-refractivity contribution in [3.05, 3.63) is 81.6 Å². The molecule has 8 heteroatoms. The van der Waals surface area contributed by atoms with Gasteiger partial charge in [0.2, 0.25) is 5.91 Å². The maximum absolute atomic E-state index is 13.0. The Kier molecular flexibility index (Phi) is 5.41. The molecule has 0 saturated heterocycles. The number of hydrogen-bond donors (Lipinski definition) is 1. The number of benzene rings is 2. The molecule has 0 atom stereocenters. The van der Waals surface area contributed by atoms with Gasteiger partial charge in [-0.2, -0.15) is 0 Å². The predicted molar refractivity (Wildman–Crippen MR) is 111 cm³/mol. The van der Waals surface area contributed by atoms with Gasteiger partial charge in [0.1, 0.15) is 5.82 Å². The highest BCUT2D eigenvalue weighted by atomic mass is 32.1. The molecule has 1 aromatic heterocycles. The van der Waals surface area contributed by atoms with Crippen molar-refractivity contribution < 1.29 is 18.8 Å². The molecule has 1 N–H and O–H groups in total. The van der Waals surface area contributed by atoms with E-state index < -0.39 is 0 Å². The number of carbonyl (C=O) groups excluding carboxylic acids is 3. The van der Waals surface area contributed by atoms with E-state index in [1.807, 2.05) is 6.92 Å². The van der Waals surface area contributed by atoms with Crippen LogP contribution in [-0.4, -0.2) is 34.2 Å². The van der Waals surface area contributed by atoms with Gasteiger partial charge in [-0.15, -0.1) is 11.3 Å². The normalized spacial score (nSPS) is 12.9. The van der Waals surface area contributed by atoms with Gasteiger partial charge in [-0.1, -0.05) is 23.8 Å². The van der Waals surface area contributed by atoms with Crippen LogP contribution in [0.25, 0.3) is 0 Å². The summed E-state index contributed by atoms with van der Waals surface area (Å²) < 4.78 is 13.0. The van der Waals surface area contributed by atoms with E-state index in [2.05, 4.69) is 10.3 Å². The van der Waals surface area contributed by atoms with Gasteiger partial charge in [-0.3, -0.25) is 19.3 Å². The molecule has 152 valence electrons. The zero-order chi connectivity index (χ0) is 21.3. The van der Waals surface area contributed by atoms with E-state index in [4.69, 9.17) is 0 Å². The van der Waals surface area contributed by atoms with Crippen molar-refractivity contribution in [1.82, 2.24) is 9.88 Å². The molecule has 0 radical (unpaired) electrons. The van der Waals surface area contributed by atoms with E-state index in [1.54, 1.807) is 36.5 Å². The average molecular weight is 423 g/mol. The van der Waals surface area contributed by atoms with Crippen LogP contribution in [0.3, 0.4) is 0 Å². The van der Waals surface area contributed by atoms with Crippen molar-refractivity contribution in [2.75, 3.05) is 11.9 Å². The Morgan fingerprint density at radius 1 is 1.10 bits per heavy atom. The van der Waals surface area contributed by atoms with Crippen LogP contribution in [0.4, 0.5) is 9.52 Å². The minimum atomic E-state index is -0.376. The Balaban J connectivity index is 1.32. The van der Waals surface area contributed by atoms with Crippen LogP contribution in [0.15, 0.2) is 48.7 Å². The first kappa shape index (κ1) is 19.9. The summed E-state index contributed by atoms with van der Waals surface area (Å²) in [6, 6.07) is 11.3. The number of fused-ring (bicyclic) bond motifs is 1. The molecule has 0 unspecified atom stereocenters. The largest absolute Gasteiger partial charge is 0.302 e. The molecular weight excluding hydrogens is 405 g/mol. The van der Waals surface area contributed by atoms with Crippen molar-refractivity contribution in [1.29, 1.82) is 0 Å². The molecule has 0 saturated carbocycles. The maximum Gasteiger partial charge on any atom is 0.261 e. The molecule has 0 aliphatic carbocycles. The van der Waals surface area contributed by atoms with Crippen LogP contribution >= 0.6 is 11.3 Å². The first-order valence-electron chi connectivity index (χ1n) is 9.36. The van der Waals surface area contributed by atoms with E-state index >= 15 is 0 Å². The van der Waals surface area contributed by atoms with E-state index in [0.717, 1.165) is 20.9 Å². The molecule has 3 amide bonds.